The van der Waals surface area contributed by atoms with E-state index in [1.54, 1.807) is 0 Å². The van der Waals surface area contributed by atoms with Crippen LogP contribution in [0.1, 0.15) is 6.92 Å². The molecule has 0 bridgehead atoms. The van der Waals surface area contributed by atoms with E-state index in [4.69, 9.17) is 4.89 Å². The SMILES string of the molecule is C[CH]P(=O)(O)S. The van der Waals surface area contributed by atoms with Gasteiger partial charge in [-0.1, -0.05) is 19.2 Å². The molecule has 1 radical (unpaired) electrons. The molecule has 0 heterocycles. The van der Waals surface area contributed by atoms with Crippen LogP contribution >= 0.6 is 18.8 Å². The zero-order valence-electron chi connectivity index (χ0n) is 3.33. The van der Waals surface area contributed by atoms with Gasteiger partial charge in [-0.25, -0.2) is 0 Å². The molecule has 1 atom stereocenters. The van der Waals surface area contributed by atoms with Crippen molar-refractivity contribution in [3.8, 4) is 0 Å². The van der Waals surface area contributed by atoms with E-state index in [9.17, 15) is 4.57 Å². The van der Waals surface area contributed by atoms with Crippen molar-refractivity contribution >= 4 is 18.8 Å². The molecule has 0 aliphatic heterocycles. The molecule has 0 aromatic heterocycles. The van der Waals surface area contributed by atoms with Gasteiger partial charge in [-0.05, 0) is 0 Å². The summed E-state index contributed by atoms with van der Waals surface area (Å²) >= 11 is 3.31. The Labute approximate surface area is 42.2 Å². The first-order valence-corrected chi connectivity index (χ1v) is 4.30. The summed E-state index contributed by atoms with van der Waals surface area (Å²) in [5.41, 5.74) is 0. The summed E-state index contributed by atoms with van der Waals surface area (Å²) in [4.78, 5) is 8.19. The van der Waals surface area contributed by atoms with Gasteiger partial charge in [0.2, 0.25) is 0 Å². The van der Waals surface area contributed by atoms with E-state index in [1.165, 1.54) is 6.92 Å². The summed E-state index contributed by atoms with van der Waals surface area (Å²) in [6.45, 7) is -1.58. The fourth-order valence-electron chi connectivity index (χ4n) is 0. The zero-order chi connectivity index (χ0) is 5.21. The van der Waals surface area contributed by atoms with Crippen LogP contribution in [0.4, 0.5) is 0 Å². The first kappa shape index (κ1) is 6.54. The highest BCUT2D eigenvalue weighted by Gasteiger charge is 2.03. The van der Waals surface area contributed by atoms with Crippen molar-refractivity contribution in [2.24, 2.45) is 0 Å². The molecule has 0 fully saturated rings. The Morgan fingerprint density at radius 3 is 2.17 bits per heavy atom. The van der Waals surface area contributed by atoms with Gasteiger partial charge in [0.25, 0.3) is 6.57 Å². The molecule has 0 aliphatic rings. The van der Waals surface area contributed by atoms with Gasteiger partial charge in [0, 0.05) is 0 Å². The molecular formula is C2H6O2PS. The average molecular weight is 125 g/mol. The van der Waals surface area contributed by atoms with E-state index in [2.05, 4.69) is 12.2 Å². The van der Waals surface area contributed by atoms with Gasteiger partial charge < -0.3 is 4.89 Å². The smallest absolute Gasteiger partial charge is 0.255 e. The summed E-state index contributed by atoms with van der Waals surface area (Å²) in [5, 5.41) is 0. The Morgan fingerprint density at radius 1 is 2.00 bits per heavy atom. The van der Waals surface area contributed by atoms with Gasteiger partial charge in [0.15, 0.2) is 0 Å². The first-order chi connectivity index (χ1) is 2.56. The summed E-state index contributed by atoms with van der Waals surface area (Å²) < 4.78 is 9.95. The molecule has 0 aliphatic carbocycles. The molecule has 1 N–H and O–H groups in total. The molecule has 1 unspecified atom stereocenters. The van der Waals surface area contributed by atoms with E-state index >= 15 is 0 Å². The average Bonchev–Trinajstić information content (AvgIpc) is 1.35. The molecule has 37 valence electrons. The van der Waals surface area contributed by atoms with Crippen molar-refractivity contribution in [3.05, 3.63) is 6.16 Å². The van der Waals surface area contributed by atoms with Crippen LogP contribution in [0, 0.1) is 6.16 Å². The Balaban J connectivity index is 3.48. The van der Waals surface area contributed by atoms with E-state index in [1.807, 2.05) is 0 Å². The van der Waals surface area contributed by atoms with E-state index < -0.39 is 6.57 Å². The fraction of sp³-hybridized carbons (Fsp3) is 0.500. The molecule has 0 amide bonds. The molecule has 0 saturated heterocycles. The minimum Gasteiger partial charge on any atom is -0.337 e. The maximum Gasteiger partial charge on any atom is 0.255 e. The van der Waals surface area contributed by atoms with Crippen LogP contribution in [-0.2, 0) is 4.57 Å². The zero-order valence-corrected chi connectivity index (χ0v) is 5.12. The Bertz CT molecular complexity index is 75.6. The maximum atomic E-state index is 9.95. The van der Waals surface area contributed by atoms with Crippen LogP contribution in [-0.4, -0.2) is 4.89 Å². The molecule has 0 rings (SSSR count). The fourth-order valence-corrected chi connectivity index (χ4v) is 0. The van der Waals surface area contributed by atoms with Crippen LogP contribution in [0.5, 0.6) is 0 Å². The van der Waals surface area contributed by atoms with Gasteiger partial charge in [-0.15, -0.1) is 0 Å². The second-order valence-corrected chi connectivity index (χ2v) is 4.26. The lowest BCUT2D eigenvalue weighted by molar-refractivity contribution is 0.504. The van der Waals surface area contributed by atoms with E-state index in [0.29, 0.717) is 0 Å². The van der Waals surface area contributed by atoms with Crippen LogP contribution in [0.15, 0.2) is 0 Å². The minimum absolute atomic E-state index is 1.16. The van der Waals surface area contributed by atoms with Crippen LogP contribution < -0.4 is 0 Å². The summed E-state index contributed by atoms with van der Waals surface area (Å²) in [6.07, 6.45) is 1.16. The molecule has 4 heteroatoms. The lowest BCUT2D eigenvalue weighted by Crippen LogP contribution is -1.59. The predicted octanol–water partition coefficient (Wildman–Crippen LogP) is 1.28. The summed E-state index contributed by atoms with van der Waals surface area (Å²) in [6, 6.07) is 0. The Morgan fingerprint density at radius 2 is 2.17 bits per heavy atom. The Kier molecular flexibility index (Phi) is 2.19. The van der Waals surface area contributed by atoms with Crippen LogP contribution in [0.25, 0.3) is 0 Å². The summed E-state index contributed by atoms with van der Waals surface area (Å²) in [7, 11) is 0. The molecule has 0 spiro atoms. The summed E-state index contributed by atoms with van der Waals surface area (Å²) in [5.74, 6) is 0. The number of thiol groups is 1. The second kappa shape index (κ2) is 2.01. The van der Waals surface area contributed by atoms with Crippen molar-refractivity contribution in [3.63, 3.8) is 0 Å². The molecule has 0 aromatic carbocycles. The standard InChI is InChI=1S/C2H6O2PS/c1-2-5(3,4)6/h2H,1H3,(H2,3,4,6). The van der Waals surface area contributed by atoms with E-state index in [0.717, 1.165) is 6.16 Å². The lowest BCUT2D eigenvalue weighted by Gasteiger charge is -1.92. The Hall–Kier alpha value is 0.540. The highest BCUT2D eigenvalue weighted by molar-refractivity contribution is 8.46. The van der Waals surface area contributed by atoms with Gasteiger partial charge >= 0.3 is 0 Å². The lowest BCUT2D eigenvalue weighted by atomic mass is 11.0. The third kappa shape index (κ3) is 4.54. The van der Waals surface area contributed by atoms with Gasteiger partial charge in [0.1, 0.15) is 0 Å². The highest BCUT2D eigenvalue weighted by atomic mass is 32.7. The third-order valence-corrected chi connectivity index (χ3v) is 1.70. The second-order valence-electron chi connectivity index (χ2n) is 0.847. The number of hydrogen-bond donors (Lipinski definition) is 2. The van der Waals surface area contributed by atoms with Gasteiger partial charge in [-0.2, -0.15) is 0 Å². The largest absolute Gasteiger partial charge is 0.337 e. The maximum absolute atomic E-state index is 9.95. The molecular weight excluding hydrogens is 119 g/mol. The number of rotatable bonds is 1. The van der Waals surface area contributed by atoms with Crippen molar-refractivity contribution in [2.45, 2.75) is 6.92 Å². The highest BCUT2D eigenvalue weighted by Crippen LogP contribution is 2.48. The number of hydrogen-bond acceptors (Lipinski definition) is 1. The molecule has 0 saturated carbocycles. The predicted molar refractivity (Wildman–Crippen MR) is 28.8 cm³/mol. The quantitative estimate of drug-likeness (QED) is 0.409. The monoisotopic (exact) mass is 125 g/mol. The van der Waals surface area contributed by atoms with Crippen LogP contribution in [0.3, 0.4) is 0 Å². The van der Waals surface area contributed by atoms with Crippen LogP contribution in [0.2, 0.25) is 0 Å². The van der Waals surface area contributed by atoms with Gasteiger partial charge in [0.05, 0.1) is 6.16 Å². The minimum atomic E-state index is -3.08. The van der Waals surface area contributed by atoms with Crippen molar-refractivity contribution in [1.82, 2.24) is 0 Å². The molecule has 2 nitrogen and oxygen atoms in total. The van der Waals surface area contributed by atoms with Crippen molar-refractivity contribution in [1.29, 1.82) is 0 Å². The van der Waals surface area contributed by atoms with Gasteiger partial charge in [-0.3, -0.25) is 4.57 Å². The third-order valence-electron chi connectivity index (χ3n) is 0.336. The normalized spacial score (nSPS) is 19.8. The van der Waals surface area contributed by atoms with E-state index in [-0.39, 0.29) is 0 Å². The van der Waals surface area contributed by atoms with Crippen molar-refractivity contribution < 1.29 is 9.46 Å². The molecule has 0 aromatic rings. The topological polar surface area (TPSA) is 37.3 Å². The first-order valence-electron chi connectivity index (χ1n) is 1.42. The molecule has 6 heavy (non-hydrogen) atoms. The van der Waals surface area contributed by atoms with Crippen molar-refractivity contribution in [2.75, 3.05) is 0 Å².